The van der Waals surface area contributed by atoms with E-state index < -0.39 is 41.9 Å². The molecule has 0 unspecified atom stereocenters. The van der Waals surface area contributed by atoms with Crippen molar-refractivity contribution < 1.29 is 52.3 Å². The normalized spacial score (nSPS) is 28.0. The molecule has 28 heavy (non-hydrogen) atoms. The van der Waals surface area contributed by atoms with Crippen LogP contribution in [-0.2, 0) is 37.6 Å². The molecule has 1 aromatic carbocycles. The monoisotopic (exact) mass is 585 g/mol. The fourth-order valence-electron chi connectivity index (χ4n) is 2.58. The summed E-state index contributed by atoms with van der Waals surface area (Å²) in [4.78, 5) is 12.2. The fraction of sp³-hybridized carbons (Fsp3) is 0.611. The van der Waals surface area contributed by atoms with Crippen LogP contribution in [0.3, 0.4) is 0 Å². The number of hydrogen-bond donors (Lipinski definition) is 3. The van der Waals surface area contributed by atoms with Crippen LogP contribution in [-0.4, -0.2) is 59.4 Å². The third-order valence-corrected chi connectivity index (χ3v) is 8.76. The van der Waals surface area contributed by atoms with Crippen LogP contribution in [0.5, 0.6) is 5.75 Å². The van der Waals surface area contributed by atoms with Crippen molar-refractivity contribution in [2.75, 3.05) is 6.61 Å². The number of nitrogens with one attached hydrogen (secondary N) is 1. The molecule has 8 nitrogen and oxygen atoms in total. The molecule has 0 aromatic heterocycles. The molecule has 1 heterocycles. The minimum absolute atomic E-state index is 0.0195. The van der Waals surface area contributed by atoms with Gasteiger partial charge in [0.25, 0.3) is 0 Å². The number of rotatable bonds is 9. The molecule has 0 radical (unpaired) electrons. The van der Waals surface area contributed by atoms with Crippen LogP contribution < -0.4 is 9.61 Å². The average Bonchev–Trinajstić information content (AvgIpc) is 2.87. The van der Waals surface area contributed by atoms with Crippen molar-refractivity contribution in [2.45, 2.75) is 64.3 Å². The van der Waals surface area contributed by atoms with E-state index in [1.165, 1.54) is 0 Å². The van der Waals surface area contributed by atoms with Gasteiger partial charge in [0.1, 0.15) is 0 Å². The summed E-state index contributed by atoms with van der Waals surface area (Å²) in [6, 6.07) is 8.51. The third kappa shape index (κ3) is 6.74. The second kappa shape index (κ2) is 10.4. The summed E-state index contributed by atoms with van der Waals surface area (Å²) >= 11 is 0.969. The summed E-state index contributed by atoms with van der Waals surface area (Å²) in [6.45, 7) is 6.97. The van der Waals surface area contributed by atoms with Crippen molar-refractivity contribution in [2.24, 2.45) is 0 Å². The Bertz CT molecular complexity index is 690. The van der Waals surface area contributed by atoms with Crippen molar-refractivity contribution >= 4 is 11.5 Å². The minimum atomic E-state index is -2.70. The quantitative estimate of drug-likeness (QED) is 0.298. The van der Waals surface area contributed by atoms with Crippen LogP contribution in [0.25, 0.3) is 0 Å². The number of benzene rings is 1. The fourth-order valence-corrected chi connectivity index (χ4v) is 7.37. The SMILES string of the molecule is CC(C)OC(=O)[C@@H](C)N[P@@](=[W])(OC[C@H]1O[C@@H](C)[C@H](O)[C@@H]1O)Oc1ccccc1. The van der Waals surface area contributed by atoms with E-state index in [4.69, 9.17) is 18.5 Å². The predicted octanol–water partition coefficient (Wildman–Crippen LogP) is 1.75. The second-order valence-electron chi connectivity index (χ2n) is 6.89. The number of aliphatic hydroxyl groups excluding tert-OH is 2. The summed E-state index contributed by atoms with van der Waals surface area (Å²) in [6.07, 6.45) is -3.40. The first kappa shape index (κ1) is 23.7. The van der Waals surface area contributed by atoms with Gasteiger partial charge in [-0.05, 0) is 0 Å². The Morgan fingerprint density at radius 1 is 1.25 bits per heavy atom. The van der Waals surface area contributed by atoms with Gasteiger partial charge in [-0.2, -0.15) is 0 Å². The average molecular weight is 585 g/mol. The molecule has 6 atom stereocenters. The van der Waals surface area contributed by atoms with Gasteiger partial charge in [-0.15, -0.1) is 0 Å². The van der Waals surface area contributed by atoms with E-state index >= 15 is 0 Å². The predicted molar refractivity (Wildman–Crippen MR) is 100 cm³/mol. The van der Waals surface area contributed by atoms with Crippen molar-refractivity contribution in [3.63, 3.8) is 0 Å². The van der Waals surface area contributed by atoms with Crippen molar-refractivity contribution in [3.05, 3.63) is 30.3 Å². The van der Waals surface area contributed by atoms with Crippen molar-refractivity contribution in [1.29, 1.82) is 0 Å². The Kier molecular flexibility index (Phi) is 8.83. The molecule has 10 heteroatoms. The third-order valence-electron chi connectivity index (χ3n) is 4.04. The molecule has 0 aliphatic carbocycles. The molecule has 2 rings (SSSR count). The van der Waals surface area contributed by atoms with Gasteiger partial charge >= 0.3 is 176 Å². The number of para-hydroxylation sites is 1. The first-order chi connectivity index (χ1) is 13.1. The van der Waals surface area contributed by atoms with E-state index in [1.54, 1.807) is 39.8 Å². The van der Waals surface area contributed by atoms with Gasteiger partial charge in [-0.25, -0.2) is 0 Å². The van der Waals surface area contributed by atoms with E-state index in [9.17, 15) is 15.0 Å². The van der Waals surface area contributed by atoms with E-state index in [1.807, 2.05) is 18.2 Å². The van der Waals surface area contributed by atoms with Crippen LogP contribution in [0.2, 0.25) is 0 Å². The van der Waals surface area contributed by atoms with Gasteiger partial charge < -0.3 is 0 Å². The Morgan fingerprint density at radius 2 is 1.89 bits per heavy atom. The summed E-state index contributed by atoms with van der Waals surface area (Å²) in [5, 5.41) is 23.1. The second-order valence-corrected chi connectivity index (χ2v) is 13.8. The molecule has 1 saturated heterocycles. The van der Waals surface area contributed by atoms with Crippen molar-refractivity contribution in [1.82, 2.24) is 5.09 Å². The molecule has 0 saturated carbocycles. The molecule has 1 fully saturated rings. The van der Waals surface area contributed by atoms with Gasteiger partial charge in [0, 0.05) is 0 Å². The molecule has 158 valence electrons. The maximum atomic E-state index is 12.2. The Hall–Kier alpha value is -0.592. The first-order valence-corrected chi connectivity index (χ1v) is 14.6. The summed E-state index contributed by atoms with van der Waals surface area (Å²) in [5.74, 6) is 0.200. The number of aliphatic hydroxyl groups is 2. The van der Waals surface area contributed by atoms with Crippen LogP contribution in [0.1, 0.15) is 27.7 Å². The topological polar surface area (TPSA) is 106 Å². The van der Waals surface area contributed by atoms with Crippen LogP contribution in [0.4, 0.5) is 0 Å². The molecule has 1 aliphatic heterocycles. The Labute approximate surface area is 175 Å². The molecular formula is C18H28NO7PW. The van der Waals surface area contributed by atoms with Gasteiger partial charge in [0.2, 0.25) is 0 Å². The van der Waals surface area contributed by atoms with Crippen LogP contribution in [0.15, 0.2) is 30.3 Å². The van der Waals surface area contributed by atoms with E-state index in [2.05, 4.69) is 5.09 Å². The maximum absolute atomic E-state index is 12.2. The van der Waals surface area contributed by atoms with Gasteiger partial charge in [0.15, 0.2) is 0 Å². The summed E-state index contributed by atoms with van der Waals surface area (Å²) in [5.41, 5.74) is -2.70. The molecule has 1 aliphatic rings. The number of hydrogen-bond acceptors (Lipinski definition) is 8. The van der Waals surface area contributed by atoms with E-state index in [0.29, 0.717) is 5.75 Å². The zero-order chi connectivity index (χ0) is 20.9. The molecular weight excluding hydrogens is 557 g/mol. The molecule has 1 aromatic rings. The molecule has 0 bridgehead atoms. The summed E-state index contributed by atoms with van der Waals surface area (Å²) < 4.78 is 22.9. The molecule has 0 spiro atoms. The number of ether oxygens (including phenoxy) is 2. The number of esters is 1. The van der Waals surface area contributed by atoms with Gasteiger partial charge in [0.05, 0.1) is 0 Å². The Balaban J connectivity index is 2.09. The number of carbonyl (C=O) groups is 1. The summed E-state index contributed by atoms with van der Waals surface area (Å²) in [7, 11) is 0. The Morgan fingerprint density at radius 3 is 2.43 bits per heavy atom. The van der Waals surface area contributed by atoms with E-state index in [0.717, 1.165) is 18.8 Å². The van der Waals surface area contributed by atoms with Crippen LogP contribution >= 0.6 is 5.50 Å². The van der Waals surface area contributed by atoms with E-state index in [-0.39, 0.29) is 12.7 Å². The van der Waals surface area contributed by atoms with Crippen LogP contribution in [0, 0.1) is 0 Å². The van der Waals surface area contributed by atoms with Crippen molar-refractivity contribution in [3.8, 4) is 5.75 Å². The van der Waals surface area contributed by atoms with Gasteiger partial charge in [-0.3, -0.25) is 0 Å². The van der Waals surface area contributed by atoms with Gasteiger partial charge in [-0.1, -0.05) is 0 Å². The zero-order valence-corrected chi connectivity index (χ0v) is 20.2. The number of carbonyl (C=O) groups excluding carboxylic acids is 1. The first-order valence-electron chi connectivity index (χ1n) is 9.10. The standard InChI is InChI=1S/C18H28NO7P.W/c1-11(2)24-18(22)12(3)19-27(26-14-8-6-5-7-9-14)23-10-15-17(21)16(20)13(4)25-15;/h5-9,11-13,15-17,19-21H,10H2,1-4H3;/t12-,13+,15-,16+,17-,27+;/m1./s1. The zero-order valence-electron chi connectivity index (χ0n) is 16.3. The molecule has 0 amide bonds. The molecule has 3 N–H and O–H groups in total.